The maximum Gasteiger partial charge on any atom is 0.306 e. The number of allylic oxidation sites excluding steroid dienone is 14. The smallest absolute Gasteiger partial charge is 0.306 e. The van der Waals surface area contributed by atoms with Gasteiger partial charge in [-0.3, -0.25) is 9.59 Å². The van der Waals surface area contributed by atoms with Crippen LogP contribution in [0.3, 0.4) is 0 Å². The molecule has 0 saturated carbocycles. The van der Waals surface area contributed by atoms with Gasteiger partial charge in [-0.1, -0.05) is 144 Å². The van der Waals surface area contributed by atoms with Crippen molar-refractivity contribution in [3.05, 3.63) is 85.1 Å². The highest BCUT2D eigenvalue weighted by Crippen LogP contribution is 2.13. The zero-order chi connectivity index (χ0) is 42.8. The average Bonchev–Trinajstić information content (AvgIpc) is 3.18. The van der Waals surface area contributed by atoms with Gasteiger partial charge < -0.3 is 28.6 Å². The van der Waals surface area contributed by atoms with Crippen LogP contribution in [0.25, 0.3) is 0 Å². The first-order valence-corrected chi connectivity index (χ1v) is 22.6. The van der Waals surface area contributed by atoms with Gasteiger partial charge in [0, 0.05) is 19.3 Å². The van der Waals surface area contributed by atoms with Crippen molar-refractivity contribution in [2.45, 2.75) is 174 Å². The molecule has 0 radical (unpaired) electrons. The predicted molar refractivity (Wildman–Crippen MR) is 240 cm³/mol. The summed E-state index contributed by atoms with van der Waals surface area (Å²) in [6.45, 7) is 4.38. The Morgan fingerprint density at radius 2 is 0.914 bits per heavy atom. The van der Waals surface area contributed by atoms with Crippen LogP contribution < -0.4 is 5.11 Å². The first-order chi connectivity index (χ1) is 28.1. The second-order valence-corrected chi connectivity index (χ2v) is 15.9. The first kappa shape index (κ1) is 54.5. The van der Waals surface area contributed by atoms with E-state index >= 15 is 0 Å². The number of carbonyl (C=O) groups is 3. The molecule has 58 heavy (non-hydrogen) atoms. The van der Waals surface area contributed by atoms with Crippen molar-refractivity contribution >= 4 is 17.9 Å². The van der Waals surface area contributed by atoms with Gasteiger partial charge >= 0.3 is 11.9 Å². The number of carboxylic acids is 1. The molecule has 0 N–H and O–H groups in total. The Bertz CT molecular complexity index is 1220. The van der Waals surface area contributed by atoms with E-state index in [-0.39, 0.29) is 42.7 Å². The molecule has 0 saturated heterocycles. The third-order valence-electron chi connectivity index (χ3n) is 9.53. The fourth-order valence-electron chi connectivity index (χ4n) is 6.07. The molecule has 0 aromatic carbocycles. The Morgan fingerprint density at radius 1 is 0.517 bits per heavy atom. The van der Waals surface area contributed by atoms with Crippen LogP contribution in [0.1, 0.15) is 162 Å². The fourth-order valence-corrected chi connectivity index (χ4v) is 6.07. The van der Waals surface area contributed by atoms with E-state index < -0.39 is 18.1 Å². The van der Waals surface area contributed by atoms with Crippen LogP contribution >= 0.6 is 0 Å². The number of hydrogen-bond acceptors (Lipinski definition) is 7. The molecule has 0 aromatic heterocycles. The number of rotatable bonds is 39. The Morgan fingerprint density at radius 3 is 1.34 bits per heavy atom. The van der Waals surface area contributed by atoms with E-state index in [0.717, 1.165) is 109 Å². The minimum absolute atomic E-state index is 0.0239. The van der Waals surface area contributed by atoms with Crippen LogP contribution in [0.5, 0.6) is 0 Å². The van der Waals surface area contributed by atoms with E-state index in [1.54, 1.807) is 21.1 Å². The summed E-state index contributed by atoms with van der Waals surface area (Å²) < 4.78 is 17.1. The Kier molecular flexibility index (Phi) is 37.9. The van der Waals surface area contributed by atoms with Gasteiger partial charge in [-0.05, 0) is 83.5 Å². The molecule has 0 fully saturated rings. The van der Waals surface area contributed by atoms with Crippen LogP contribution in [0, 0.1) is 0 Å². The fraction of sp³-hybridized carbons (Fsp3) is 0.660. The zero-order valence-corrected chi connectivity index (χ0v) is 37.4. The number of esters is 2. The van der Waals surface area contributed by atoms with Gasteiger partial charge in [0.15, 0.2) is 6.10 Å². The van der Waals surface area contributed by atoms with Gasteiger partial charge in [0.25, 0.3) is 0 Å². The highest BCUT2D eigenvalue weighted by Gasteiger charge is 2.25. The molecule has 0 aliphatic heterocycles. The summed E-state index contributed by atoms with van der Waals surface area (Å²) in [7, 11) is 5.39. The van der Waals surface area contributed by atoms with E-state index in [1.165, 1.54) is 19.3 Å². The molecule has 8 nitrogen and oxygen atoms in total. The second kappa shape index (κ2) is 40.3. The van der Waals surface area contributed by atoms with Gasteiger partial charge in [0.1, 0.15) is 12.6 Å². The lowest BCUT2D eigenvalue weighted by Crippen LogP contribution is -2.55. The lowest BCUT2D eigenvalue weighted by Gasteiger charge is -2.34. The van der Waals surface area contributed by atoms with Crippen molar-refractivity contribution in [2.24, 2.45) is 0 Å². The van der Waals surface area contributed by atoms with E-state index in [0.29, 0.717) is 12.8 Å². The van der Waals surface area contributed by atoms with Crippen molar-refractivity contribution in [3.8, 4) is 0 Å². The molecule has 2 atom stereocenters. The van der Waals surface area contributed by atoms with Gasteiger partial charge in [-0.2, -0.15) is 0 Å². The number of carbonyl (C=O) groups excluding carboxylic acids is 3. The molecule has 0 aliphatic rings. The number of quaternary nitrogens is 1. The normalized spacial score (nSPS) is 13.7. The van der Waals surface area contributed by atoms with E-state index in [9.17, 15) is 19.5 Å². The number of nitrogens with zero attached hydrogens (tertiary/aromatic N) is 1. The number of carboxylic acid groups (broad SMARTS) is 1. The topological polar surface area (TPSA) is 102 Å². The summed E-state index contributed by atoms with van der Waals surface area (Å²) in [6.07, 6.45) is 51.8. The summed E-state index contributed by atoms with van der Waals surface area (Å²) in [5, 5.41) is 11.6. The average molecular weight is 810 g/mol. The highest BCUT2D eigenvalue weighted by atomic mass is 16.6. The largest absolute Gasteiger partial charge is 0.544 e. The molecule has 0 heterocycles. The summed E-state index contributed by atoms with van der Waals surface area (Å²) in [5.74, 6) is -1.79. The molecule has 0 amide bonds. The summed E-state index contributed by atoms with van der Waals surface area (Å²) >= 11 is 0. The number of hydrogen-bond donors (Lipinski definition) is 0. The Hall–Kier alpha value is -3.49. The first-order valence-electron chi connectivity index (χ1n) is 22.6. The van der Waals surface area contributed by atoms with E-state index in [2.05, 4.69) is 98.9 Å². The maximum atomic E-state index is 12.7. The predicted octanol–water partition coefficient (Wildman–Crippen LogP) is 11.2. The lowest BCUT2D eigenvalue weighted by molar-refractivity contribution is -0.889. The van der Waals surface area contributed by atoms with Gasteiger partial charge in [-0.15, -0.1) is 0 Å². The van der Waals surface area contributed by atoms with Crippen LogP contribution in [0.15, 0.2) is 85.1 Å². The molecular weight excluding hydrogens is 727 g/mol. The standard InChI is InChI=1S/C50H83NO7/c1-6-8-10-12-14-16-18-20-22-23-24-25-26-27-29-31-33-35-37-39-41-49(53)58-46(44-56-43-42-47(50(54)55)51(3,4)5)45-57-48(52)40-38-36-34-32-30-28-21-19-17-15-13-11-9-7-2/h8-11,14-17,20-22,24-25,28,46-47H,6-7,12-13,18-19,23,26-27,29-45H2,1-5H3/b10-8+,11-9+,16-14+,17-15+,22-20+,25-24+,28-21+. The SMILES string of the molecule is CC/C=C/C/C=C/C/C=C/C/C=C/CCCCCCCCCC(=O)OC(COCCC(C(=O)[O-])[N+](C)(C)C)COC(=O)CCCCCC/C=C/C/C=C/C/C=C/CC. The van der Waals surface area contributed by atoms with Crippen molar-refractivity contribution in [2.75, 3.05) is 41.0 Å². The van der Waals surface area contributed by atoms with Crippen LogP contribution in [0.2, 0.25) is 0 Å². The summed E-state index contributed by atoms with van der Waals surface area (Å²) in [6, 6.07) is -0.736. The monoisotopic (exact) mass is 810 g/mol. The molecule has 330 valence electrons. The van der Waals surface area contributed by atoms with Crippen molar-refractivity contribution in [3.63, 3.8) is 0 Å². The van der Waals surface area contributed by atoms with Crippen LogP contribution in [-0.2, 0) is 28.6 Å². The Balaban J connectivity index is 4.38. The van der Waals surface area contributed by atoms with Gasteiger partial charge in [0.2, 0.25) is 0 Å². The molecule has 0 spiro atoms. The van der Waals surface area contributed by atoms with E-state index in [4.69, 9.17) is 14.2 Å². The van der Waals surface area contributed by atoms with Crippen molar-refractivity contribution < 1.29 is 38.2 Å². The zero-order valence-electron chi connectivity index (χ0n) is 37.4. The highest BCUT2D eigenvalue weighted by molar-refractivity contribution is 5.70. The van der Waals surface area contributed by atoms with E-state index in [1.807, 2.05) is 0 Å². The second-order valence-electron chi connectivity index (χ2n) is 15.9. The minimum atomic E-state index is -1.13. The molecule has 2 unspecified atom stereocenters. The molecule has 8 heteroatoms. The molecule has 0 aliphatic carbocycles. The van der Waals surface area contributed by atoms with Crippen LogP contribution in [0.4, 0.5) is 0 Å². The number of aliphatic carboxylic acids is 1. The summed E-state index contributed by atoms with van der Waals surface area (Å²) in [5.41, 5.74) is 0. The number of ether oxygens (including phenoxy) is 3. The van der Waals surface area contributed by atoms with Gasteiger partial charge in [0.05, 0.1) is 40.3 Å². The van der Waals surface area contributed by atoms with Crippen molar-refractivity contribution in [1.82, 2.24) is 0 Å². The molecular formula is C50H83NO7. The third-order valence-corrected chi connectivity index (χ3v) is 9.53. The molecule has 0 rings (SSSR count). The lowest BCUT2D eigenvalue weighted by atomic mass is 10.1. The van der Waals surface area contributed by atoms with Crippen molar-refractivity contribution in [1.29, 1.82) is 0 Å². The molecule has 0 bridgehead atoms. The quantitative estimate of drug-likeness (QED) is 0.0264. The van der Waals surface area contributed by atoms with Crippen LogP contribution in [-0.4, -0.2) is 75.5 Å². The number of likely N-dealkylation sites (N-methyl/N-ethyl adjacent to an activating group) is 1. The number of unbranched alkanes of at least 4 members (excludes halogenated alkanes) is 11. The third kappa shape index (κ3) is 38.1. The molecule has 0 aromatic rings. The van der Waals surface area contributed by atoms with Gasteiger partial charge in [-0.25, -0.2) is 0 Å². The maximum absolute atomic E-state index is 12.7. The minimum Gasteiger partial charge on any atom is -0.544 e. The summed E-state index contributed by atoms with van der Waals surface area (Å²) in [4.78, 5) is 36.9. The Labute approximate surface area is 354 Å².